The molecule has 1 N–H and O–H groups in total. The molecule has 1 aliphatic heterocycles. The molecule has 0 saturated carbocycles. The Bertz CT molecular complexity index is 1080. The van der Waals surface area contributed by atoms with Crippen molar-refractivity contribution in [1.29, 1.82) is 0 Å². The van der Waals surface area contributed by atoms with Crippen molar-refractivity contribution >= 4 is 39.8 Å². The predicted molar refractivity (Wildman–Crippen MR) is 130 cm³/mol. The molecule has 2 aromatic carbocycles. The molecule has 166 valence electrons. The fourth-order valence-electron chi connectivity index (χ4n) is 3.39. The van der Waals surface area contributed by atoms with Gasteiger partial charge in [-0.3, -0.25) is 4.79 Å². The van der Waals surface area contributed by atoms with Gasteiger partial charge in [0.05, 0.1) is 24.6 Å². The molecule has 9 heteroatoms. The van der Waals surface area contributed by atoms with Crippen molar-refractivity contribution in [3.05, 3.63) is 65.7 Å². The summed E-state index contributed by atoms with van der Waals surface area (Å²) in [4.78, 5) is 13.2. The number of amides is 1. The normalized spacial score (nSPS) is 15.7. The first kappa shape index (κ1) is 22.3. The second-order valence-corrected chi connectivity index (χ2v) is 9.80. The van der Waals surface area contributed by atoms with Gasteiger partial charge in [-0.1, -0.05) is 65.6 Å². The summed E-state index contributed by atoms with van der Waals surface area (Å²) >= 11 is 2.84. The van der Waals surface area contributed by atoms with Crippen molar-refractivity contribution in [2.45, 2.75) is 36.7 Å². The molecule has 0 aliphatic carbocycles. The van der Waals surface area contributed by atoms with Gasteiger partial charge in [-0.25, -0.2) is 5.01 Å². The van der Waals surface area contributed by atoms with Gasteiger partial charge in [0.1, 0.15) is 5.75 Å². The Hall–Kier alpha value is -2.91. The minimum Gasteiger partial charge on any atom is -0.497 e. The lowest BCUT2D eigenvalue weighted by molar-refractivity contribution is -0.130. The van der Waals surface area contributed by atoms with E-state index in [0.29, 0.717) is 6.42 Å². The summed E-state index contributed by atoms with van der Waals surface area (Å²) in [6.45, 7) is 4.10. The van der Waals surface area contributed by atoms with Gasteiger partial charge in [0.2, 0.25) is 5.13 Å². The Morgan fingerprint density at radius 3 is 2.62 bits per heavy atom. The number of nitrogens with one attached hydrogen (secondary N) is 1. The van der Waals surface area contributed by atoms with Crippen LogP contribution in [0.1, 0.15) is 37.4 Å². The Morgan fingerprint density at radius 1 is 1.19 bits per heavy atom. The van der Waals surface area contributed by atoms with Crippen LogP contribution in [0.2, 0.25) is 0 Å². The van der Waals surface area contributed by atoms with Gasteiger partial charge in [0.15, 0.2) is 4.34 Å². The van der Waals surface area contributed by atoms with E-state index in [9.17, 15) is 4.79 Å². The first-order valence-corrected chi connectivity index (χ1v) is 12.2. The van der Waals surface area contributed by atoms with E-state index < -0.39 is 0 Å². The van der Waals surface area contributed by atoms with Crippen LogP contribution in [0.3, 0.4) is 0 Å². The van der Waals surface area contributed by atoms with E-state index in [1.165, 1.54) is 23.1 Å². The zero-order chi connectivity index (χ0) is 22.5. The van der Waals surface area contributed by atoms with Crippen LogP contribution in [0, 0.1) is 0 Å². The zero-order valence-corrected chi connectivity index (χ0v) is 19.8. The second-order valence-electron chi connectivity index (χ2n) is 7.60. The molecule has 1 amide bonds. The van der Waals surface area contributed by atoms with E-state index in [2.05, 4.69) is 15.5 Å². The number of anilines is 1. The number of thioether (sulfide) groups is 1. The molecule has 2 heterocycles. The third kappa shape index (κ3) is 5.28. The lowest BCUT2D eigenvalue weighted by Crippen LogP contribution is -2.28. The summed E-state index contributed by atoms with van der Waals surface area (Å²) < 4.78 is 6.04. The Kier molecular flexibility index (Phi) is 7.06. The van der Waals surface area contributed by atoms with Crippen LogP contribution < -0.4 is 10.1 Å². The summed E-state index contributed by atoms with van der Waals surface area (Å²) in [5.74, 6) is 0.968. The van der Waals surface area contributed by atoms with E-state index in [0.717, 1.165) is 32.1 Å². The first-order valence-electron chi connectivity index (χ1n) is 10.3. The number of carbonyl (C=O) groups is 1. The zero-order valence-electron chi connectivity index (χ0n) is 18.2. The van der Waals surface area contributed by atoms with Crippen molar-refractivity contribution in [3.63, 3.8) is 0 Å². The summed E-state index contributed by atoms with van der Waals surface area (Å²) in [5.41, 5.74) is 2.96. The largest absolute Gasteiger partial charge is 0.497 e. The van der Waals surface area contributed by atoms with Crippen molar-refractivity contribution in [1.82, 2.24) is 15.2 Å². The summed E-state index contributed by atoms with van der Waals surface area (Å²) in [7, 11) is 1.64. The standard InChI is InChI=1S/C23H25N5O2S2/c1-15(2)24-22-25-26-23(32-22)31-14-21(29)28-20(17-9-11-18(30-3)12-10-17)13-19(27-28)16-7-5-4-6-8-16/h4-12,15,20H,13-14H2,1-3H3,(H,24,25)/t20-/m0/s1. The molecule has 3 aromatic rings. The molecule has 0 bridgehead atoms. The number of hydrogen-bond acceptors (Lipinski definition) is 8. The maximum atomic E-state index is 13.2. The highest BCUT2D eigenvalue weighted by atomic mass is 32.2. The van der Waals surface area contributed by atoms with E-state index in [1.54, 1.807) is 12.1 Å². The predicted octanol–water partition coefficient (Wildman–Crippen LogP) is 4.84. The minimum atomic E-state index is -0.156. The Labute approximate surface area is 195 Å². The molecule has 1 aliphatic rings. The highest BCUT2D eigenvalue weighted by molar-refractivity contribution is 8.01. The van der Waals surface area contributed by atoms with Gasteiger partial charge in [0, 0.05) is 12.5 Å². The first-order chi connectivity index (χ1) is 15.5. The molecule has 1 atom stereocenters. The minimum absolute atomic E-state index is 0.0599. The maximum absolute atomic E-state index is 13.2. The van der Waals surface area contributed by atoms with Crippen LogP contribution in [-0.4, -0.2) is 45.7 Å². The average molecular weight is 468 g/mol. The lowest BCUT2D eigenvalue weighted by atomic mass is 9.98. The molecule has 32 heavy (non-hydrogen) atoms. The van der Waals surface area contributed by atoms with Crippen molar-refractivity contribution in [2.24, 2.45) is 5.10 Å². The maximum Gasteiger partial charge on any atom is 0.253 e. The van der Waals surface area contributed by atoms with Crippen LogP contribution in [0.5, 0.6) is 5.75 Å². The number of hydrogen-bond donors (Lipinski definition) is 1. The molecular formula is C23H25N5O2S2. The van der Waals surface area contributed by atoms with E-state index >= 15 is 0 Å². The SMILES string of the molecule is COc1ccc([C@@H]2CC(c3ccccc3)=NN2C(=O)CSc2nnc(NC(C)C)s2)cc1. The molecule has 0 spiro atoms. The van der Waals surface area contributed by atoms with Crippen LogP contribution in [-0.2, 0) is 4.79 Å². The quantitative estimate of drug-likeness (QED) is 0.478. The highest BCUT2D eigenvalue weighted by Gasteiger charge is 2.33. The smallest absolute Gasteiger partial charge is 0.253 e. The van der Waals surface area contributed by atoms with Crippen LogP contribution >= 0.6 is 23.1 Å². The lowest BCUT2D eigenvalue weighted by Gasteiger charge is -2.22. The molecule has 0 unspecified atom stereocenters. The summed E-state index contributed by atoms with van der Waals surface area (Å²) in [5, 5.41) is 18.6. The van der Waals surface area contributed by atoms with Gasteiger partial charge >= 0.3 is 0 Å². The monoisotopic (exact) mass is 467 g/mol. The van der Waals surface area contributed by atoms with Gasteiger partial charge in [-0.2, -0.15) is 5.10 Å². The van der Waals surface area contributed by atoms with E-state index in [1.807, 2.05) is 68.4 Å². The molecule has 0 saturated heterocycles. The Balaban J connectivity index is 1.51. The van der Waals surface area contributed by atoms with Crippen LogP contribution in [0.4, 0.5) is 5.13 Å². The molecule has 1 aromatic heterocycles. The van der Waals surface area contributed by atoms with Gasteiger partial charge in [0.25, 0.3) is 5.91 Å². The summed E-state index contributed by atoms with van der Waals surface area (Å²) in [6.07, 6.45) is 0.661. The third-order valence-electron chi connectivity index (χ3n) is 4.91. The molecular weight excluding hydrogens is 442 g/mol. The summed E-state index contributed by atoms with van der Waals surface area (Å²) in [6, 6.07) is 17.9. The third-order valence-corrected chi connectivity index (χ3v) is 6.88. The molecule has 0 radical (unpaired) electrons. The van der Waals surface area contributed by atoms with Crippen LogP contribution in [0.15, 0.2) is 64.0 Å². The second kappa shape index (κ2) is 10.1. The van der Waals surface area contributed by atoms with Crippen LogP contribution in [0.25, 0.3) is 0 Å². The van der Waals surface area contributed by atoms with Crippen molar-refractivity contribution in [3.8, 4) is 5.75 Å². The average Bonchev–Trinajstić information content (AvgIpc) is 3.45. The van der Waals surface area contributed by atoms with Gasteiger partial charge in [-0.15, -0.1) is 10.2 Å². The molecule has 7 nitrogen and oxygen atoms in total. The number of carbonyl (C=O) groups excluding carboxylic acids is 1. The topological polar surface area (TPSA) is 79.7 Å². The Morgan fingerprint density at radius 2 is 1.94 bits per heavy atom. The number of hydrazone groups is 1. The van der Waals surface area contributed by atoms with Crippen molar-refractivity contribution < 1.29 is 9.53 Å². The number of methoxy groups -OCH3 is 1. The van der Waals surface area contributed by atoms with E-state index in [4.69, 9.17) is 9.84 Å². The number of nitrogens with zero attached hydrogens (tertiary/aromatic N) is 4. The van der Waals surface area contributed by atoms with Gasteiger partial charge in [-0.05, 0) is 37.1 Å². The highest BCUT2D eigenvalue weighted by Crippen LogP contribution is 2.35. The fraction of sp³-hybridized carbons (Fsp3) is 0.304. The number of rotatable bonds is 8. The number of aromatic nitrogens is 2. The number of ether oxygens (including phenoxy) is 1. The van der Waals surface area contributed by atoms with Crippen molar-refractivity contribution in [2.75, 3.05) is 18.2 Å². The van der Waals surface area contributed by atoms with Gasteiger partial charge < -0.3 is 10.1 Å². The molecule has 0 fully saturated rings. The van der Waals surface area contributed by atoms with E-state index in [-0.39, 0.29) is 23.7 Å². The number of benzene rings is 2. The fourth-order valence-corrected chi connectivity index (χ4v) is 5.14. The molecule has 4 rings (SSSR count).